The summed E-state index contributed by atoms with van der Waals surface area (Å²) in [5.74, 6) is 0.912. The van der Waals surface area contributed by atoms with E-state index in [2.05, 4.69) is 32.1 Å². The summed E-state index contributed by atoms with van der Waals surface area (Å²) in [7, 11) is 1.71. The average molecular weight is 369 g/mol. The second-order valence-corrected chi connectivity index (χ2v) is 7.28. The van der Waals surface area contributed by atoms with E-state index in [9.17, 15) is 4.79 Å². The smallest absolute Gasteiger partial charge is 0.317 e. The van der Waals surface area contributed by atoms with E-state index in [4.69, 9.17) is 4.74 Å². The second-order valence-electron chi connectivity index (χ2n) is 7.28. The molecule has 4 rings (SSSR count). The number of aromatic nitrogens is 2. The van der Waals surface area contributed by atoms with E-state index in [0.29, 0.717) is 6.54 Å². The summed E-state index contributed by atoms with van der Waals surface area (Å²) in [5.41, 5.74) is 2.35. The van der Waals surface area contributed by atoms with Gasteiger partial charge in [0.2, 0.25) is 0 Å². The van der Waals surface area contributed by atoms with Crippen LogP contribution in [0, 0.1) is 0 Å². The topological polar surface area (TPSA) is 62.6 Å². The van der Waals surface area contributed by atoms with Gasteiger partial charge in [-0.05, 0) is 25.0 Å². The number of amides is 2. The minimum atomic E-state index is 0.0445. The van der Waals surface area contributed by atoms with E-state index >= 15 is 0 Å². The molecule has 0 unspecified atom stereocenters. The molecular formula is C20H27N5O2. The quantitative estimate of drug-likeness (QED) is 0.878. The van der Waals surface area contributed by atoms with Gasteiger partial charge >= 0.3 is 6.03 Å². The SMILES string of the molecule is COc1ccccc1CN1Cc2ccnn2[C@@H](CNC(=O)N2CCCC2)C1. The Morgan fingerprint density at radius 1 is 1.26 bits per heavy atom. The van der Waals surface area contributed by atoms with Gasteiger partial charge in [0.25, 0.3) is 0 Å². The highest BCUT2D eigenvalue weighted by molar-refractivity contribution is 5.74. The van der Waals surface area contributed by atoms with Crippen LogP contribution in [-0.2, 0) is 13.1 Å². The first-order valence-corrected chi connectivity index (χ1v) is 9.64. The second kappa shape index (κ2) is 8.00. The summed E-state index contributed by atoms with van der Waals surface area (Å²) in [6, 6.07) is 10.4. The van der Waals surface area contributed by atoms with Gasteiger partial charge in [-0.2, -0.15) is 5.10 Å². The molecule has 0 saturated carbocycles. The zero-order chi connectivity index (χ0) is 18.6. The first-order chi connectivity index (χ1) is 13.2. The highest BCUT2D eigenvalue weighted by Gasteiger charge is 2.27. The van der Waals surface area contributed by atoms with E-state index in [1.165, 1.54) is 11.3 Å². The normalized spacial score (nSPS) is 19.7. The predicted molar refractivity (Wildman–Crippen MR) is 103 cm³/mol. The van der Waals surface area contributed by atoms with Crippen LogP contribution >= 0.6 is 0 Å². The van der Waals surface area contributed by atoms with Crippen LogP contribution in [0.1, 0.15) is 30.1 Å². The maximum atomic E-state index is 12.3. The van der Waals surface area contributed by atoms with Crippen molar-refractivity contribution < 1.29 is 9.53 Å². The van der Waals surface area contributed by atoms with Gasteiger partial charge < -0.3 is 15.0 Å². The lowest BCUT2D eigenvalue weighted by Gasteiger charge is -2.34. The third-order valence-electron chi connectivity index (χ3n) is 5.42. The van der Waals surface area contributed by atoms with Crippen LogP contribution in [0.3, 0.4) is 0 Å². The molecule has 1 N–H and O–H groups in total. The first-order valence-electron chi connectivity index (χ1n) is 9.64. The van der Waals surface area contributed by atoms with Crippen molar-refractivity contribution in [3.8, 4) is 5.75 Å². The Morgan fingerprint density at radius 2 is 2.07 bits per heavy atom. The van der Waals surface area contributed by atoms with Gasteiger partial charge in [0, 0.05) is 51.0 Å². The van der Waals surface area contributed by atoms with E-state index in [1.54, 1.807) is 7.11 Å². The number of hydrogen-bond donors (Lipinski definition) is 1. The van der Waals surface area contributed by atoms with Gasteiger partial charge in [-0.25, -0.2) is 4.79 Å². The van der Waals surface area contributed by atoms with Crippen LogP contribution in [0.4, 0.5) is 4.79 Å². The van der Waals surface area contributed by atoms with Gasteiger partial charge in [0.05, 0.1) is 18.8 Å². The number of urea groups is 1. The molecule has 0 bridgehead atoms. The largest absolute Gasteiger partial charge is 0.496 e. The molecule has 1 aromatic carbocycles. The summed E-state index contributed by atoms with van der Waals surface area (Å²) in [5, 5.41) is 7.60. The van der Waals surface area contributed by atoms with E-state index in [-0.39, 0.29) is 12.1 Å². The Balaban J connectivity index is 1.43. The van der Waals surface area contributed by atoms with Crippen LogP contribution in [-0.4, -0.2) is 58.9 Å². The number of para-hydroxylation sites is 1. The number of likely N-dealkylation sites (tertiary alicyclic amines) is 1. The summed E-state index contributed by atoms with van der Waals surface area (Å²) in [4.78, 5) is 16.6. The summed E-state index contributed by atoms with van der Waals surface area (Å²) in [6.07, 6.45) is 4.05. The number of hydrogen-bond acceptors (Lipinski definition) is 4. The minimum absolute atomic E-state index is 0.0445. The lowest BCUT2D eigenvalue weighted by molar-refractivity contribution is 0.160. The molecule has 1 saturated heterocycles. The number of carbonyl (C=O) groups is 1. The van der Waals surface area contributed by atoms with Gasteiger partial charge in [-0.1, -0.05) is 18.2 Å². The molecule has 2 aliphatic rings. The van der Waals surface area contributed by atoms with Crippen molar-refractivity contribution in [1.82, 2.24) is 24.9 Å². The lowest BCUT2D eigenvalue weighted by Crippen LogP contribution is -2.45. The molecule has 2 amide bonds. The molecule has 2 aromatic rings. The molecule has 0 aliphatic carbocycles. The number of rotatable bonds is 5. The standard InChI is InChI=1S/C20H27N5O2/c1-27-19-7-3-2-6-16(19)13-23-14-17-8-9-22-25(17)18(15-23)12-21-20(26)24-10-4-5-11-24/h2-3,6-9,18H,4-5,10-15H2,1H3,(H,21,26)/t18-/m0/s1. The van der Waals surface area contributed by atoms with Crippen LogP contribution in [0.5, 0.6) is 5.75 Å². The molecule has 7 nitrogen and oxygen atoms in total. The van der Waals surface area contributed by atoms with Crippen molar-refractivity contribution in [3.63, 3.8) is 0 Å². The Kier molecular flexibility index (Phi) is 5.29. The predicted octanol–water partition coefficient (Wildman–Crippen LogP) is 2.25. The molecule has 27 heavy (non-hydrogen) atoms. The lowest BCUT2D eigenvalue weighted by atomic mass is 10.1. The molecular weight excluding hydrogens is 342 g/mol. The van der Waals surface area contributed by atoms with Crippen molar-refractivity contribution in [1.29, 1.82) is 0 Å². The number of methoxy groups -OCH3 is 1. The monoisotopic (exact) mass is 369 g/mol. The fourth-order valence-electron chi connectivity index (χ4n) is 4.05. The van der Waals surface area contributed by atoms with Gasteiger partial charge in [0.15, 0.2) is 0 Å². The Labute approximate surface area is 159 Å². The van der Waals surface area contributed by atoms with Gasteiger partial charge in [0.1, 0.15) is 5.75 Å². The van der Waals surface area contributed by atoms with Crippen molar-refractivity contribution in [2.45, 2.75) is 32.0 Å². The molecule has 7 heteroatoms. The van der Waals surface area contributed by atoms with E-state index in [0.717, 1.165) is 51.3 Å². The summed E-state index contributed by atoms with van der Waals surface area (Å²) >= 11 is 0. The van der Waals surface area contributed by atoms with Crippen LogP contribution in [0.2, 0.25) is 0 Å². The number of benzene rings is 1. The fourth-order valence-corrected chi connectivity index (χ4v) is 4.05. The fraction of sp³-hybridized carbons (Fsp3) is 0.500. The number of ether oxygens (including phenoxy) is 1. The van der Waals surface area contributed by atoms with E-state index < -0.39 is 0 Å². The minimum Gasteiger partial charge on any atom is -0.496 e. The summed E-state index contributed by atoms with van der Waals surface area (Å²) < 4.78 is 7.56. The van der Waals surface area contributed by atoms with E-state index in [1.807, 2.05) is 29.3 Å². The first kappa shape index (κ1) is 17.9. The Morgan fingerprint density at radius 3 is 2.89 bits per heavy atom. The Bertz CT molecular complexity index is 784. The highest BCUT2D eigenvalue weighted by Crippen LogP contribution is 2.25. The van der Waals surface area contributed by atoms with Crippen molar-refractivity contribution in [2.75, 3.05) is 33.3 Å². The molecule has 0 radical (unpaired) electrons. The van der Waals surface area contributed by atoms with Crippen LogP contribution in [0.25, 0.3) is 0 Å². The van der Waals surface area contributed by atoms with Crippen LogP contribution in [0.15, 0.2) is 36.5 Å². The molecule has 1 aromatic heterocycles. The highest BCUT2D eigenvalue weighted by atomic mass is 16.5. The van der Waals surface area contributed by atoms with Crippen molar-refractivity contribution in [2.24, 2.45) is 0 Å². The number of fused-ring (bicyclic) bond motifs is 1. The molecule has 144 valence electrons. The average Bonchev–Trinajstić information content (AvgIpc) is 3.38. The zero-order valence-corrected chi connectivity index (χ0v) is 15.8. The third-order valence-corrected chi connectivity index (χ3v) is 5.42. The number of carbonyl (C=O) groups excluding carboxylic acids is 1. The molecule has 0 spiro atoms. The van der Waals surface area contributed by atoms with Gasteiger partial charge in [-0.3, -0.25) is 9.58 Å². The Hall–Kier alpha value is -2.54. The number of nitrogens with zero attached hydrogens (tertiary/aromatic N) is 4. The third kappa shape index (κ3) is 3.93. The maximum absolute atomic E-state index is 12.3. The molecule has 2 aliphatic heterocycles. The summed E-state index contributed by atoms with van der Waals surface area (Å²) in [6.45, 7) is 4.81. The van der Waals surface area contributed by atoms with Crippen molar-refractivity contribution >= 4 is 6.03 Å². The van der Waals surface area contributed by atoms with Crippen LogP contribution < -0.4 is 10.1 Å². The molecule has 1 atom stereocenters. The maximum Gasteiger partial charge on any atom is 0.317 e. The van der Waals surface area contributed by atoms with Gasteiger partial charge in [-0.15, -0.1) is 0 Å². The zero-order valence-electron chi connectivity index (χ0n) is 15.8. The van der Waals surface area contributed by atoms with Crippen molar-refractivity contribution in [3.05, 3.63) is 47.8 Å². The molecule has 3 heterocycles. The number of nitrogens with one attached hydrogen (secondary N) is 1. The molecule has 1 fully saturated rings.